The van der Waals surface area contributed by atoms with Crippen molar-refractivity contribution >= 4 is 12.1 Å². The maximum absolute atomic E-state index is 13.2. The molecule has 34 heavy (non-hydrogen) atoms. The minimum absolute atomic E-state index is 0.126. The molecule has 0 aliphatic carbocycles. The van der Waals surface area contributed by atoms with Crippen molar-refractivity contribution in [3.05, 3.63) is 65.1 Å². The molecule has 6 nitrogen and oxygen atoms in total. The van der Waals surface area contributed by atoms with Gasteiger partial charge in [-0.2, -0.15) is 5.10 Å². The van der Waals surface area contributed by atoms with Gasteiger partial charge in [0.15, 0.2) is 0 Å². The molecule has 1 aliphatic rings. The van der Waals surface area contributed by atoms with E-state index in [1.54, 1.807) is 0 Å². The van der Waals surface area contributed by atoms with Crippen LogP contribution in [0.3, 0.4) is 0 Å². The second kappa shape index (κ2) is 12.4. The lowest BCUT2D eigenvalue weighted by Gasteiger charge is -2.36. The van der Waals surface area contributed by atoms with Crippen LogP contribution in [0.5, 0.6) is 0 Å². The zero-order valence-electron chi connectivity index (χ0n) is 21.4. The first-order valence-electron chi connectivity index (χ1n) is 12.5. The molecule has 1 amide bonds. The lowest BCUT2D eigenvalue weighted by molar-refractivity contribution is -0.133. The van der Waals surface area contributed by atoms with E-state index in [4.69, 9.17) is 5.10 Å². The predicted molar refractivity (Wildman–Crippen MR) is 141 cm³/mol. The van der Waals surface area contributed by atoms with Crippen molar-refractivity contribution in [3.63, 3.8) is 0 Å². The standard InChI is InChI=1S/C28H39N5O/c1-6-10-14-29-28(22(5)7-2)32-17-15-31(16-18-32)27(34)21-33-25(9-4)20-26(30-33)24-13-11-12-23(8-3)19-24/h6,10-14,19-20H,7-9,15-18,21H2,1-5H3/b10-6-,28-22?,29-14-. The SMILES string of the molecule is C/C=C\C=N/C(=C(C)CC)N1CCN(C(=O)Cn2nc(-c3cccc(CC)c3)cc2CC)CC1. The summed E-state index contributed by atoms with van der Waals surface area (Å²) >= 11 is 0. The van der Waals surface area contributed by atoms with E-state index in [1.807, 2.05) is 34.9 Å². The summed E-state index contributed by atoms with van der Waals surface area (Å²) in [5.41, 5.74) is 5.70. The van der Waals surface area contributed by atoms with E-state index >= 15 is 0 Å². The fourth-order valence-corrected chi connectivity index (χ4v) is 4.18. The Morgan fingerprint density at radius 1 is 1.06 bits per heavy atom. The molecule has 0 unspecified atom stereocenters. The number of carbonyl (C=O) groups excluding carboxylic acids is 1. The van der Waals surface area contributed by atoms with E-state index in [-0.39, 0.29) is 12.5 Å². The molecule has 1 aromatic carbocycles. The van der Waals surface area contributed by atoms with Gasteiger partial charge in [-0.25, -0.2) is 4.99 Å². The molecule has 1 saturated heterocycles. The van der Waals surface area contributed by atoms with Crippen LogP contribution in [0.15, 0.2) is 58.9 Å². The van der Waals surface area contributed by atoms with Crippen LogP contribution in [0.2, 0.25) is 0 Å². The molecule has 1 aliphatic heterocycles. The van der Waals surface area contributed by atoms with Crippen LogP contribution in [0, 0.1) is 0 Å². The number of aryl methyl sites for hydroxylation is 2. The molecule has 6 heteroatoms. The third-order valence-corrected chi connectivity index (χ3v) is 6.46. The van der Waals surface area contributed by atoms with Crippen molar-refractivity contribution in [1.82, 2.24) is 19.6 Å². The van der Waals surface area contributed by atoms with Crippen molar-refractivity contribution in [2.45, 2.75) is 60.4 Å². The highest BCUT2D eigenvalue weighted by molar-refractivity contribution is 5.76. The van der Waals surface area contributed by atoms with Gasteiger partial charge in [0.1, 0.15) is 12.4 Å². The summed E-state index contributed by atoms with van der Waals surface area (Å²) in [7, 11) is 0. The summed E-state index contributed by atoms with van der Waals surface area (Å²) in [6.45, 7) is 13.8. The van der Waals surface area contributed by atoms with Gasteiger partial charge in [-0.15, -0.1) is 0 Å². The highest BCUT2D eigenvalue weighted by atomic mass is 16.2. The molecule has 1 fully saturated rings. The first kappa shape index (κ1) is 25.5. The number of hydrogen-bond acceptors (Lipinski definition) is 4. The lowest BCUT2D eigenvalue weighted by Crippen LogP contribution is -2.49. The first-order chi connectivity index (χ1) is 16.5. The average molecular weight is 462 g/mol. The lowest BCUT2D eigenvalue weighted by atomic mass is 10.1. The van der Waals surface area contributed by atoms with Crippen molar-refractivity contribution in [2.24, 2.45) is 4.99 Å². The van der Waals surface area contributed by atoms with Crippen LogP contribution in [-0.4, -0.2) is 57.9 Å². The van der Waals surface area contributed by atoms with Crippen molar-refractivity contribution in [3.8, 4) is 11.3 Å². The number of benzene rings is 1. The topological polar surface area (TPSA) is 53.7 Å². The molecule has 0 atom stereocenters. The van der Waals surface area contributed by atoms with Crippen molar-refractivity contribution < 1.29 is 4.79 Å². The normalized spacial score (nSPS) is 15.4. The largest absolute Gasteiger partial charge is 0.353 e. The number of aliphatic imine (C=N–C) groups is 1. The molecule has 0 bridgehead atoms. The minimum Gasteiger partial charge on any atom is -0.353 e. The molecule has 0 spiro atoms. The van der Waals surface area contributed by atoms with Gasteiger partial charge in [0.05, 0.1) is 5.69 Å². The first-order valence-corrected chi connectivity index (χ1v) is 12.5. The second-order valence-electron chi connectivity index (χ2n) is 8.72. The second-order valence-corrected chi connectivity index (χ2v) is 8.72. The van der Waals surface area contributed by atoms with Crippen LogP contribution < -0.4 is 0 Å². The van der Waals surface area contributed by atoms with Gasteiger partial charge in [0.2, 0.25) is 5.91 Å². The highest BCUT2D eigenvalue weighted by Crippen LogP contribution is 2.22. The Kier molecular flexibility index (Phi) is 9.25. The Morgan fingerprint density at radius 3 is 2.44 bits per heavy atom. The number of carbonyl (C=O) groups is 1. The molecular formula is C28H39N5O. The van der Waals surface area contributed by atoms with Crippen LogP contribution in [-0.2, 0) is 24.2 Å². The number of hydrogen-bond donors (Lipinski definition) is 0. The van der Waals surface area contributed by atoms with Crippen LogP contribution >= 0.6 is 0 Å². The van der Waals surface area contributed by atoms with E-state index < -0.39 is 0 Å². The summed E-state index contributed by atoms with van der Waals surface area (Å²) in [5, 5.41) is 4.81. The Hall–Kier alpha value is -3.15. The van der Waals surface area contributed by atoms with Gasteiger partial charge in [-0.05, 0) is 62.5 Å². The van der Waals surface area contributed by atoms with Crippen molar-refractivity contribution in [1.29, 1.82) is 0 Å². The number of allylic oxidation sites excluding steroid dienone is 3. The van der Waals surface area contributed by atoms with Gasteiger partial charge in [0.25, 0.3) is 0 Å². The number of rotatable bonds is 9. The number of nitrogens with zero attached hydrogens (tertiary/aromatic N) is 5. The van der Waals surface area contributed by atoms with E-state index in [2.05, 4.69) is 67.9 Å². The fraction of sp³-hybridized carbons (Fsp3) is 0.464. The zero-order valence-corrected chi connectivity index (χ0v) is 21.4. The highest BCUT2D eigenvalue weighted by Gasteiger charge is 2.24. The maximum atomic E-state index is 13.2. The van der Waals surface area contributed by atoms with Gasteiger partial charge in [-0.1, -0.05) is 45.0 Å². The Bertz CT molecular complexity index is 1050. The predicted octanol–water partition coefficient (Wildman–Crippen LogP) is 5.11. The van der Waals surface area contributed by atoms with E-state index in [9.17, 15) is 4.79 Å². The third kappa shape index (κ3) is 6.25. The summed E-state index contributed by atoms with van der Waals surface area (Å²) in [5.74, 6) is 1.16. The molecule has 0 N–H and O–H groups in total. The zero-order chi connectivity index (χ0) is 24.5. The van der Waals surface area contributed by atoms with Crippen LogP contribution in [0.4, 0.5) is 0 Å². The van der Waals surface area contributed by atoms with Gasteiger partial charge >= 0.3 is 0 Å². The minimum atomic E-state index is 0.126. The van der Waals surface area contributed by atoms with Gasteiger partial charge < -0.3 is 9.80 Å². The molecule has 182 valence electrons. The summed E-state index contributed by atoms with van der Waals surface area (Å²) < 4.78 is 1.89. The van der Waals surface area contributed by atoms with Gasteiger partial charge in [-0.3, -0.25) is 9.48 Å². The number of amides is 1. The quantitative estimate of drug-likeness (QED) is 0.488. The summed E-state index contributed by atoms with van der Waals surface area (Å²) in [6, 6.07) is 10.6. The Balaban J connectivity index is 1.67. The van der Waals surface area contributed by atoms with Crippen LogP contribution in [0.1, 0.15) is 52.3 Å². The summed E-state index contributed by atoms with van der Waals surface area (Å²) in [4.78, 5) is 22.1. The average Bonchev–Trinajstić information content (AvgIpc) is 3.29. The molecular weight excluding hydrogens is 422 g/mol. The smallest absolute Gasteiger partial charge is 0.244 e. The maximum Gasteiger partial charge on any atom is 0.244 e. The molecule has 0 radical (unpaired) electrons. The van der Waals surface area contributed by atoms with E-state index in [1.165, 1.54) is 11.1 Å². The van der Waals surface area contributed by atoms with E-state index in [0.717, 1.165) is 55.1 Å². The molecule has 0 saturated carbocycles. The Morgan fingerprint density at radius 2 is 1.79 bits per heavy atom. The molecule has 3 rings (SSSR count). The third-order valence-electron chi connectivity index (χ3n) is 6.46. The monoisotopic (exact) mass is 461 g/mol. The molecule has 2 aromatic rings. The van der Waals surface area contributed by atoms with Gasteiger partial charge in [0, 0.05) is 43.7 Å². The van der Waals surface area contributed by atoms with Crippen molar-refractivity contribution in [2.75, 3.05) is 26.2 Å². The van der Waals surface area contributed by atoms with E-state index in [0.29, 0.717) is 13.1 Å². The molecule has 1 aromatic heterocycles. The summed E-state index contributed by atoms with van der Waals surface area (Å²) in [6.07, 6.45) is 8.58. The Labute approximate surface area is 204 Å². The van der Waals surface area contributed by atoms with Crippen LogP contribution in [0.25, 0.3) is 11.3 Å². The molecule has 2 heterocycles. The number of aromatic nitrogens is 2. The number of piperazine rings is 1. The fourth-order valence-electron chi connectivity index (χ4n) is 4.18.